The number of aryl methyl sites for hydroxylation is 2. The maximum absolute atomic E-state index is 7.52. The minimum atomic E-state index is -0.475. The second-order valence-corrected chi connectivity index (χ2v) is 8.86. The molecule has 1 aliphatic heterocycles. The summed E-state index contributed by atoms with van der Waals surface area (Å²) in [6.07, 6.45) is 0.643. The van der Waals surface area contributed by atoms with Gasteiger partial charge < -0.3 is 9.58 Å². The minimum Gasteiger partial charge on any atom is -0.433 e. The molecule has 0 N–H and O–H groups in total. The van der Waals surface area contributed by atoms with Gasteiger partial charge in [-0.3, -0.25) is 0 Å². The topological polar surface area (TPSA) is 30.4 Å². The molecule has 0 radical (unpaired) electrons. The van der Waals surface area contributed by atoms with Crippen LogP contribution in [-0.2, 0) is 13.5 Å². The first kappa shape index (κ1) is 18.6. The summed E-state index contributed by atoms with van der Waals surface area (Å²) in [5.74, 6) is 1.48. The number of hydrogen-bond donors (Lipinski definition) is 0. The Labute approximate surface area is 176 Å². The standard InChI is InChI=1S/C26H24N3O/c1-15-13-17-9-8-12-20-22(17)21(16(15)2)24-25(30-20)28-23-18(14-26(3,4)27-5)10-7-11-19(23)29(24)6/h7-13H,14H2,1-4,6H3/q+1. The quantitative estimate of drug-likeness (QED) is 0.278. The van der Waals surface area contributed by atoms with Crippen molar-refractivity contribution in [1.82, 2.24) is 4.98 Å². The van der Waals surface area contributed by atoms with Crippen LogP contribution in [0.15, 0.2) is 42.5 Å². The Morgan fingerprint density at radius 3 is 2.67 bits per heavy atom. The van der Waals surface area contributed by atoms with E-state index < -0.39 is 5.54 Å². The van der Waals surface area contributed by atoms with Crippen molar-refractivity contribution in [3.05, 3.63) is 70.6 Å². The number of para-hydroxylation sites is 1. The molecule has 5 rings (SSSR count). The van der Waals surface area contributed by atoms with Gasteiger partial charge in [0.1, 0.15) is 18.3 Å². The fourth-order valence-electron chi connectivity index (χ4n) is 4.54. The lowest BCUT2D eigenvalue weighted by atomic mass is 9.91. The molecule has 0 amide bonds. The molecule has 0 bridgehead atoms. The van der Waals surface area contributed by atoms with Crippen LogP contribution in [0, 0.1) is 20.4 Å². The van der Waals surface area contributed by atoms with Crippen LogP contribution in [0.4, 0.5) is 0 Å². The van der Waals surface area contributed by atoms with E-state index in [1.165, 1.54) is 22.1 Å². The first-order chi connectivity index (χ1) is 14.3. The van der Waals surface area contributed by atoms with Gasteiger partial charge in [0.05, 0.1) is 12.0 Å². The van der Waals surface area contributed by atoms with E-state index in [1.807, 2.05) is 26.0 Å². The van der Waals surface area contributed by atoms with Gasteiger partial charge in [-0.2, -0.15) is 4.57 Å². The zero-order chi connectivity index (χ0) is 21.2. The molecule has 30 heavy (non-hydrogen) atoms. The number of rotatable bonds is 2. The van der Waals surface area contributed by atoms with E-state index in [1.54, 1.807) is 0 Å². The van der Waals surface area contributed by atoms with Crippen molar-refractivity contribution in [2.75, 3.05) is 0 Å². The van der Waals surface area contributed by atoms with Crippen LogP contribution in [0.2, 0.25) is 0 Å². The number of fused-ring (bicyclic) bond motifs is 3. The molecule has 4 heteroatoms. The highest BCUT2D eigenvalue weighted by molar-refractivity contribution is 6.04. The van der Waals surface area contributed by atoms with Gasteiger partial charge in [0.25, 0.3) is 11.6 Å². The summed E-state index contributed by atoms with van der Waals surface area (Å²) in [6, 6.07) is 14.6. The highest BCUT2D eigenvalue weighted by Gasteiger charge is 2.34. The summed E-state index contributed by atoms with van der Waals surface area (Å²) in [5, 5.41) is 2.33. The largest absolute Gasteiger partial charge is 0.433 e. The third kappa shape index (κ3) is 2.59. The van der Waals surface area contributed by atoms with E-state index >= 15 is 0 Å². The van der Waals surface area contributed by atoms with Crippen molar-refractivity contribution in [2.45, 2.75) is 39.7 Å². The summed E-state index contributed by atoms with van der Waals surface area (Å²) in [6.45, 7) is 15.8. The molecule has 0 spiro atoms. The third-order valence-electron chi connectivity index (χ3n) is 6.23. The van der Waals surface area contributed by atoms with Crippen molar-refractivity contribution in [3.63, 3.8) is 0 Å². The van der Waals surface area contributed by atoms with Crippen LogP contribution in [0.3, 0.4) is 0 Å². The average Bonchev–Trinajstić information content (AvgIpc) is 2.72. The number of hydrogen-bond acceptors (Lipinski definition) is 2. The van der Waals surface area contributed by atoms with E-state index in [0.717, 1.165) is 33.4 Å². The first-order valence-corrected chi connectivity index (χ1v) is 10.2. The highest BCUT2D eigenvalue weighted by atomic mass is 16.5. The van der Waals surface area contributed by atoms with Gasteiger partial charge in [0.2, 0.25) is 11.1 Å². The third-order valence-corrected chi connectivity index (χ3v) is 6.23. The van der Waals surface area contributed by atoms with Crippen LogP contribution in [-0.4, -0.2) is 10.5 Å². The Morgan fingerprint density at radius 1 is 1.13 bits per heavy atom. The number of aromatic nitrogens is 2. The molecular weight excluding hydrogens is 370 g/mol. The highest BCUT2D eigenvalue weighted by Crippen LogP contribution is 2.46. The van der Waals surface area contributed by atoms with Crippen molar-refractivity contribution in [3.8, 4) is 22.9 Å². The Balaban J connectivity index is 1.87. The molecule has 0 atom stereocenters. The smallest absolute Gasteiger partial charge is 0.294 e. The molecule has 0 saturated carbocycles. The Bertz CT molecular complexity index is 1410. The lowest BCUT2D eigenvalue weighted by Crippen LogP contribution is -2.34. The van der Waals surface area contributed by atoms with Gasteiger partial charge in [0.15, 0.2) is 0 Å². The van der Waals surface area contributed by atoms with Gasteiger partial charge in [0, 0.05) is 25.3 Å². The Morgan fingerprint density at radius 2 is 1.90 bits per heavy atom. The summed E-state index contributed by atoms with van der Waals surface area (Å²) >= 11 is 0. The minimum absolute atomic E-state index is 0.475. The molecule has 0 aliphatic carbocycles. The van der Waals surface area contributed by atoms with Crippen molar-refractivity contribution in [2.24, 2.45) is 7.05 Å². The van der Waals surface area contributed by atoms with Crippen molar-refractivity contribution < 1.29 is 9.30 Å². The van der Waals surface area contributed by atoms with Crippen LogP contribution < -0.4 is 9.30 Å². The maximum Gasteiger partial charge on any atom is 0.294 e. The molecule has 3 aromatic carbocycles. The van der Waals surface area contributed by atoms with Crippen molar-refractivity contribution >= 4 is 21.8 Å². The van der Waals surface area contributed by atoms with Gasteiger partial charge in [-0.25, -0.2) is 11.6 Å². The SMILES string of the molecule is [C-]#[N+]C(C)(C)Cc1cccc2c1nc1c([n+]2C)-c2c(C)c(C)cc3cccc(c23)O1. The molecular formula is C26H24N3O+. The van der Waals surface area contributed by atoms with E-state index in [2.05, 4.69) is 60.6 Å². The summed E-state index contributed by atoms with van der Waals surface area (Å²) in [5.41, 5.74) is 7.26. The molecule has 2 heterocycles. The number of ether oxygens (including phenoxy) is 1. The molecule has 0 saturated heterocycles. The molecule has 0 unspecified atom stereocenters. The summed E-state index contributed by atoms with van der Waals surface area (Å²) in [4.78, 5) is 8.80. The predicted octanol–water partition coefficient (Wildman–Crippen LogP) is 5.84. The summed E-state index contributed by atoms with van der Waals surface area (Å²) < 4.78 is 8.55. The van der Waals surface area contributed by atoms with E-state index in [-0.39, 0.29) is 0 Å². The van der Waals surface area contributed by atoms with E-state index in [9.17, 15) is 0 Å². The molecule has 4 aromatic rings. The number of nitrogens with zero attached hydrogens (tertiary/aromatic N) is 3. The second-order valence-electron chi connectivity index (χ2n) is 8.86. The van der Waals surface area contributed by atoms with Crippen LogP contribution >= 0.6 is 0 Å². The zero-order valence-electron chi connectivity index (χ0n) is 18.0. The van der Waals surface area contributed by atoms with E-state index in [4.69, 9.17) is 16.3 Å². The second kappa shape index (κ2) is 6.27. The fraction of sp³-hybridized carbons (Fsp3) is 0.269. The molecule has 1 aromatic heterocycles. The van der Waals surface area contributed by atoms with Gasteiger partial charge in [-0.05, 0) is 42.0 Å². The monoisotopic (exact) mass is 394 g/mol. The average molecular weight is 394 g/mol. The molecule has 4 nitrogen and oxygen atoms in total. The van der Waals surface area contributed by atoms with Gasteiger partial charge in [-0.15, -0.1) is 0 Å². The van der Waals surface area contributed by atoms with Crippen molar-refractivity contribution in [1.29, 1.82) is 0 Å². The van der Waals surface area contributed by atoms with Crippen LogP contribution in [0.1, 0.15) is 30.5 Å². The normalized spacial score (nSPS) is 12.5. The molecule has 0 fully saturated rings. The van der Waals surface area contributed by atoms with Crippen LogP contribution in [0.25, 0.3) is 37.9 Å². The fourth-order valence-corrected chi connectivity index (χ4v) is 4.54. The lowest BCUT2D eigenvalue weighted by molar-refractivity contribution is -0.634. The van der Waals surface area contributed by atoms with Gasteiger partial charge in [-0.1, -0.05) is 30.3 Å². The Kier molecular flexibility index (Phi) is 3.88. The molecule has 148 valence electrons. The first-order valence-electron chi connectivity index (χ1n) is 10.2. The van der Waals surface area contributed by atoms with E-state index in [0.29, 0.717) is 12.3 Å². The lowest BCUT2D eigenvalue weighted by Gasteiger charge is -2.22. The summed E-state index contributed by atoms with van der Waals surface area (Å²) in [7, 11) is 2.08. The Hall–Kier alpha value is -3.45. The zero-order valence-corrected chi connectivity index (χ0v) is 18.0. The number of benzene rings is 3. The van der Waals surface area contributed by atoms with Crippen LogP contribution in [0.5, 0.6) is 11.6 Å². The predicted molar refractivity (Wildman–Crippen MR) is 120 cm³/mol. The van der Waals surface area contributed by atoms with Gasteiger partial charge >= 0.3 is 0 Å². The molecule has 1 aliphatic rings. The maximum atomic E-state index is 7.52.